The lowest BCUT2D eigenvalue weighted by molar-refractivity contribution is -0.112. The molecule has 1 aromatic heterocycles. The molecular formula is C23H16N2O4. The fourth-order valence-corrected chi connectivity index (χ4v) is 3.14. The van der Waals surface area contributed by atoms with Crippen LogP contribution in [0.25, 0.3) is 17.0 Å². The maximum absolute atomic E-state index is 12.5. The van der Waals surface area contributed by atoms with Crippen LogP contribution in [0.4, 0.5) is 5.69 Å². The largest absolute Gasteiger partial charge is 0.506 e. The molecule has 0 unspecified atom stereocenters. The van der Waals surface area contributed by atoms with Crippen LogP contribution in [0.3, 0.4) is 0 Å². The summed E-state index contributed by atoms with van der Waals surface area (Å²) < 4.78 is 0. The first kappa shape index (κ1) is 18.2. The second-order valence-corrected chi connectivity index (χ2v) is 6.42. The highest BCUT2D eigenvalue weighted by atomic mass is 16.3. The van der Waals surface area contributed by atoms with E-state index in [1.807, 2.05) is 0 Å². The quantitative estimate of drug-likeness (QED) is 0.365. The summed E-state index contributed by atoms with van der Waals surface area (Å²) in [5.74, 6) is -0.918. The molecule has 3 N–H and O–H groups in total. The van der Waals surface area contributed by atoms with Crippen molar-refractivity contribution in [3.63, 3.8) is 0 Å². The molecule has 0 fully saturated rings. The van der Waals surface area contributed by atoms with E-state index in [-0.39, 0.29) is 22.7 Å². The summed E-state index contributed by atoms with van der Waals surface area (Å²) in [4.78, 5) is 39.5. The molecule has 0 aliphatic carbocycles. The van der Waals surface area contributed by atoms with Crippen LogP contribution in [-0.2, 0) is 4.79 Å². The van der Waals surface area contributed by atoms with Gasteiger partial charge in [0.15, 0.2) is 0 Å². The molecule has 6 heteroatoms. The summed E-state index contributed by atoms with van der Waals surface area (Å²) in [6.07, 6.45) is 7.54. The second-order valence-electron chi connectivity index (χ2n) is 6.42. The van der Waals surface area contributed by atoms with E-state index in [1.165, 1.54) is 18.2 Å². The third-order valence-corrected chi connectivity index (χ3v) is 4.59. The predicted octanol–water partition coefficient (Wildman–Crippen LogP) is 3.56. The van der Waals surface area contributed by atoms with Crippen molar-refractivity contribution < 1.29 is 14.7 Å². The lowest BCUT2D eigenvalue weighted by atomic mass is 9.96. The zero-order valence-electron chi connectivity index (χ0n) is 15.2. The van der Waals surface area contributed by atoms with Crippen LogP contribution in [0.5, 0.6) is 5.75 Å². The molecule has 4 rings (SSSR count). The molecular weight excluding hydrogens is 368 g/mol. The SMILES string of the molecule is O=C1Nc2ccccc2C(=O)/C1=C/C=C/C=C/c1c(O)c2ccccc2[nH]c1=O. The number of pyridine rings is 1. The zero-order chi connectivity index (χ0) is 20.4. The van der Waals surface area contributed by atoms with Crippen LogP contribution in [0.15, 0.2) is 83.2 Å². The molecule has 142 valence electrons. The molecule has 29 heavy (non-hydrogen) atoms. The van der Waals surface area contributed by atoms with Crippen LogP contribution in [-0.4, -0.2) is 21.8 Å². The van der Waals surface area contributed by atoms with E-state index in [4.69, 9.17) is 0 Å². The van der Waals surface area contributed by atoms with Crippen molar-refractivity contribution in [1.29, 1.82) is 0 Å². The van der Waals surface area contributed by atoms with Gasteiger partial charge in [0.25, 0.3) is 11.5 Å². The van der Waals surface area contributed by atoms with Crippen molar-refractivity contribution in [2.75, 3.05) is 5.32 Å². The number of carbonyl (C=O) groups excluding carboxylic acids is 2. The topological polar surface area (TPSA) is 99.3 Å². The Balaban J connectivity index is 1.58. The highest BCUT2D eigenvalue weighted by Crippen LogP contribution is 2.26. The number of allylic oxidation sites excluding steroid dienone is 4. The number of para-hydroxylation sites is 2. The molecule has 1 aliphatic rings. The molecule has 0 radical (unpaired) electrons. The van der Waals surface area contributed by atoms with Gasteiger partial charge in [-0.15, -0.1) is 0 Å². The highest BCUT2D eigenvalue weighted by molar-refractivity contribution is 6.34. The number of Topliss-reactive ketones (excluding diaryl/α,β-unsaturated/α-hetero) is 1. The van der Waals surface area contributed by atoms with E-state index in [0.29, 0.717) is 22.2 Å². The fourth-order valence-electron chi connectivity index (χ4n) is 3.14. The number of anilines is 1. The van der Waals surface area contributed by atoms with Gasteiger partial charge in [0, 0.05) is 10.9 Å². The van der Waals surface area contributed by atoms with Gasteiger partial charge in [-0.3, -0.25) is 14.4 Å². The Kier molecular flexibility index (Phi) is 4.66. The van der Waals surface area contributed by atoms with Gasteiger partial charge < -0.3 is 15.4 Å². The number of fused-ring (bicyclic) bond motifs is 2. The van der Waals surface area contributed by atoms with Crippen molar-refractivity contribution in [3.8, 4) is 5.75 Å². The lowest BCUT2D eigenvalue weighted by Gasteiger charge is -2.17. The minimum atomic E-state index is -0.467. The number of aromatic amines is 1. The minimum Gasteiger partial charge on any atom is -0.506 e. The normalized spacial score (nSPS) is 15.4. The summed E-state index contributed by atoms with van der Waals surface area (Å²) in [6.45, 7) is 0. The zero-order valence-corrected chi connectivity index (χ0v) is 15.2. The number of carbonyl (C=O) groups is 2. The first-order valence-electron chi connectivity index (χ1n) is 8.90. The Morgan fingerprint density at radius 2 is 1.62 bits per heavy atom. The number of ketones is 1. The van der Waals surface area contributed by atoms with Gasteiger partial charge in [0.05, 0.1) is 22.3 Å². The average molecular weight is 384 g/mol. The maximum Gasteiger partial charge on any atom is 0.259 e. The number of H-pyrrole nitrogens is 1. The Bertz CT molecular complexity index is 1300. The van der Waals surface area contributed by atoms with Crippen LogP contribution < -0.4 is 10.9 Å². The molecule has 2 heterocycles. The van der Waals surface area contributed by atoms with Crippen molar-refractivity contribution in [3.05, 3.63) is 99.9 Å². The number of amides is 1. The fraction of sp³-hybridized carbons (Fsp3) is 0. The number of nitrogens with one attached hydrogen (secondary N) is 2. The summed E-state index contributed by atoms with van der Waals surface area (Å²) in [6, 6.07) is 13.8. The summed E-state index contributed by atoms with van der Waals surface area (Å²) in [7, 11) is 0. The van der Waals surface area contributed by atoms with Crippen molar-refractivity contribution in [2.45, 2.75) is 0 Å². The predicted molar refractivity (Wildman–Crippen MR) is 112 cm³/mol. The number of hydrogen-bond acceptors (Lipinski definition) is 4. The third kappa shape index (κ3) is 3.39. The van der Waals surface area contributed by atoms with E-state index < -0.39 is 11.5 Å². The monoisotopic (exact) mass is 384 g/mol. The maximum atomic E-state index is 12.5. The van der Waals surface area contributed by atoms with Gasteiger partial charge in [0.1, 0.15) is 5.75 Å². The molecule has 0 saturated heterocycles. The summed E-state index contributed by atoms with van der Waals surface area (Å²) in [5.41, 5.74) is 1.22. The van der Waals surface area contributed by atoms with Gasteiger partial charge in [0.2, 0.25) is 5.78 Å². The summed E-state index contributed by atoms with van der Waals surface area (Å²) >= 11 is 0. The Hall–Kier alpha value is -4.19. The van der Waals surface area contributed by atoms with Gasteiger partial charge >= 0.3 is 0 Å². The molecule has 0 saturated carbocycles. The van der Waals surface area contributed by atoms with E-state index in [1.54, 1.807) is 60.7 Å². The number of rotatable bonds is 3. The third-order valence-electron chi connectivity index (χ3n) is 4.59. The van der Waals surface area contributed by atoms with E-state index in [0.717, 1.165) is 0 Å². The molecule has 0 atom stereocenters. The number of aromatic nitrogens is 1. The van der Waals surface area contributed by atoms with Crippen LogP contribution >= 0.6 is 0 Å². The van der Waals surface area contributed by atoms with Crippen molar-refractivity contribution in [2.24, 2.45) is 0 Å². The molecule has 1 amide bonds. The van der Waals surface area contributed by atoms with Crippen LogP contribution in [0.1, 0.15) is 15.9 Å². The minimum absolute atomic E-state index is 0.0275. The standard InChI is InChI=1S/C23H16N2O4/c26-20-14-8-4-6-12-18(14)24-22(28)16(20)10-2-1-3-11-17-21(27)15-9-5-7-13-19(15)25-23(17)29/h1-13H,(H,24,28)(H2,25,27,29)/b2-1+,11-3+,16-10-. The molecule has 1 aliphatic heterocycles. The smallest absolute Gasteiger partial charge is 0.259 e. The van der Waals surface area contributed by atoms with E-state index >= 15 is 0 Å². The highest BCUT2D eigenvalue weighted by Gasteiger charge is 2.27. The lowest BCUT2D eigenvalue weighted by Crippen LogP contribution is -2.27. The van der Waals surface area contributed by atoms with Crippen LogP contribution in [0, 0.1) is 0 Å². The Labute approximate surface area is 165 Å². The van der Waals surface area contributed by atoms with Gasteiger partial charge in [-0.2, -0.15) is 0 Å². The van der Waals surface area contributed by atoms with Crippen molar-refractivity contribution >= 4 is 34.4 Å². The van der Waals surface area contributed by atoms with Crippen molar-refractivity contribution in [1.82, 2.24) is 4.98 Å². The van der Waals surface area contributed by atoms with Gasteiger partial charge in [-0.25, -0.2) is 0 Å². The number of benzene rings is 2. The van der Waals surface area contributed by atoms with E-state index in [9.17, 15) is 19.5 Å². The Morgan fingerprint density at radius 3 is 2.48 bits per heavy atom. The Morgan fingerprint density at radius 1 is 0.862 bits per heavy atom. The molecule has 3 aromatic rings. The molecule has 2 aromatic carbocycles. The van der Waals surface area contributed by atoms with E-state index in [2.05, 4.69) is 10.3 Å². The van der Waals surface area contributed by atoms with Gasteiger partial charge in [-0.05, 0) is 36.4 Å². The first-order valence-corrected chi connectivity index (χ1v) is 8.90. The molecule has 0 spiro atoms. The first-order chi connectivity index (χ1) is 14.1. The van der Waals surface area contributed by atoms with Gasteiger partial charge in [-0.1, -0.05) is 42.5 Å². The molecule has 0 bridgehead atoms. The number of hydrogen-bond donors (Lipinski definition) is 3. The number of aromatic hydroxyl groups is 1. The molecule has 6 nitrogen and oxygen atoms in total. The van der Waals surface area contributed by atoms with Crippen LogP contribution in [0.2, 0.25) is 0 Å². The second kappa shape index (κ2) is 7.44. The average Bonchev–Trinajstić information content (AvgIpc) is 2.72. The summed E-state index contributed by atoms with van der Waals surface area (Å²) in [5, 5.41) is 13.6.